The number of fused-ring (bicyclic) bond motifs is 2. The summed E-state index contributed by atoms with van der Waals surface area (Å²) in [5.74, 6) is -0.842. The standard InChI is InChI=1S/C21H19N3O4/c1-13-8-9-14(2)18-17(13)21(26-10-11-27-21)20(25)24(18)12-16-22-23-19(28-16)15-6-4-3-5-7-15/h3-9H,10-12H2,1-2H3. The van der Waals surface area contributed by atoms with Crippen molar-refractivity contribution in [3.05, 3.63) is 65.0 Å². The highest BCUT2D eigenvalue weighted by Gasteiger charge is 2.57. The van der Waals surface area contributed by atoms with Gasteiger partial charge in [-0.3, -0.25) is 9.69 Å². The Labute approximate surface area is 161 Å². The Morgan fingerprint density at radius 3 is 2.46 bits per heavy atom. The average molecular weight is 377 g/mol. The average Bonchev–Trinajstić information content (AvgIpc) is 3.43. The van der Waals surface area contributed by atoms with Gasteiger partial charge in [-0.1, -0.05) is 30.3 Å². The first kappa shape index (κ1) is 17.1. The zero-order chi connectivity index (χ0) is 19.3. The van der Waals surface area contributed by atoms with E-state index in [-0.39, 0.29) is 12.5 Å². The molecule has 0 saturated carbocycles. The summed E-state index contributed by atoms with van der Waals surface area (Å²) < 4.78 is 17.5. The number of rotatable bonds is 3. The number of benzene rings is 2. The highest BCUT2D eigenvalue weighted by molar-refractivity contribution is 6.07. The molecule has 2 aliphatic rings. The van der Waals surface area contributed by atoms with Crippen LogP contribution in [0.3, 0.4) is 0 Å². The Bertz CT molecular complexity index is 1050. The number of amides is 1. The van der Waals surface area contributed by atoms with Crippen LogP contribution in [0.4, 0.5) is 5.69 Å². The van der Waals surface area contributed by atoms with Crippen molar-refractivity contribution in [3.63, 3.8) is 0 Å². The smallest absolute Gasteiger partial charge is 0.293 e. The molecule has 2 aliphatic heterocycles. The van der Waals surface area contributed by atoms with E-state index in [9.17, 15) is 4.79 Å². The van der Waals surface area contributed by atoms with Gasteiger partial charge in [0.2, 0.25) is 11.8 Å². The largest absolute Gasteiger partial charge is 0.419 e. The normalized spacial score (nSPS) is 17.5. The number of carbonyl (C=O) groups is 1. The van der Waals surface area contributed by atoms with Gasteiger partial charge in [-0.2, -0.15) is 0 Å². The molecule has 0 atom stereocenters. The van der Waals surface area contributed by atoms with Crippen molar-refractivity contribution in [1.82, 2.24) is 10.2 Å². The van der Waals surface area contributed by atoms with Crippen LogP contribution in [0, 0.1) is 13.8 Å². The SMILES string of the molecule is Cc1ccc(C)c2c1N(Cc1nnc(-c3ccccc3)o1)C(=O)C21OCCO1. The molecule has 1 aromatic heterocycles. The molecule has 0 unspecified atom stereocenters. The molecule has 7 nitrogen and oxygen atoms in total. The number of hydrogen-bond acceptors (Lipinski definition) is 6. The summed E-state index contributed by atoms with van der Waals surface area (Å²) in [6.45, 7) is 4.85. The van der Waals surface area contributed by atoms with Gasteiger partial charge in [0.25, 0.3) is 11.7 Å². The minimum Gasteiger partial charge on any atom is -0.419 e. The summed E-state index contributed by atoms with van der Waals surface area (Å²) in [5, 5.41) is 8.26. The zero-order valence-electron chi connectivity index (χ0n) is 15.6. The van der Waals surface area contributed by atoms with E-state index in [1.165, 1.54) is 0 Å². The summed E-state index contributed by atoms with van der Waals surface area (Å²) >= 11 is 0. The molecule has 3 heterocycles. The van der Waals surface area contributed by atoms with Crippen LogP contribution in [-0.4, -0.2) is 29.3 Å². The fourth-order valence-corrected chi connectivity index (χ4v) is 3.93. The monoisotopic (exact) mass is 377 g/mol. The van der Waals surface area contributed by atoms with Gasteiger partial charge < -0.3 is 13.9 Å². The number of aryl methyl sites for hydroxylation is 2. The van der Waals surface area contributed by atoms with Gasteiger partial charge in [0.1, 0.15) is 6.54 Å². The second-order valence-electron chi connectivity index (χ2n) is 6.99. The van der Waals surface area contributed by atoms with Gasteiger partial charge >= 0.3 is 0 Å². The van der Waals surface area contributed by atoms with E-state index in [1.807, 2.05) is 56.3 Å². The third-order valence-electron chi connectivity index (χ3n) is 5.19. The Morgan fingerprint density at radius 1 is 1.00 bits per heavy atom. The molecule has 5 rings (SSSR count). The lowest BCUT2D eigenvalue weighted by Gasteiger charge is -2.22. The summed E-state index contributed by atoms with van der Waals surface area (Å²) in [6, 6.07) is 13.5. The Kier molecular flexibility index (Phi) is 3.82. The lowest BCUT2D eigenvalue weighted by Crippen LogP contribution is -2.41. The Balaban J connectivity index is 1.54. The number of aromatic nitrogens is 2. The van der Waals surface area contributed by atoms with Crippen LogP contribution in [0.2, 0.25) is 0 Å². The summed E-state index contributed by atoms with van der Waals surface area (Å²) in [5.41, 5.74) is 4.33. The van der Waals surface area contributed by atoms with Crippen molar-refractivity contribution in [3.8, 4) is 11.5 Å². The Hall–Kier alpha value is -3.03. The number of ether oxygens (including phenoxy) is 2. The van der Waals surface area contributed by atoms with Crippen molar-refractivity contribution in [2.75, 3.05) is 18.1 Å². The predicted octanol–water partition coefficient (Wildman–Crippen LogP) is 3.10. The molecular weight excluding hydrogens is 358 g/mol. The van der Waals surface area contributed by atoms with Gasteiger partial charge in [-0.15, -0.1) is 10.2 Å². The molecule has 28 heavy (non-hydrogen) atoms. The molecule has 7 heteroatoms. The van der Waals surface area contributed by atoms with Crippen molar-refractivity contribution in [2.24, 2.45) is 0 Å². The van der Waals surface area contributed by atoms with E-state index in [0.717, 1.165) is 27.9 Å². The minimum atomic E-state index is -1.37. The van der Waals surface area contributed by atoms with Crippen LogP contribution in [0.5, 0.6) is 0 Å². The van der Waals surface area contributed by atoms with E-state index < -0.39 is 5.79 Å². The van der Waals surface area contributed by atoms with Crippen molar-refractivity contribution >= 4 is 11.6 Å². The van der Waals surface area contributed by atoms with Crippen LogP contribution in [0.1, 0.15) is 22.6 Å². The minimum absolute atomic E-state index is 0.157. The van der Waals surface area contributed by atoms with Crippen LogP contribution < -0.4 is 4.90 Å². The van der Waals surface area contributed by atoms with E-state index >= 15 is 0 Å². The maximum atomic E-state index is 13.4. The second-order valence-corrected chi connectivity index (χ2v) is 6.99. The fourth-order valence-electron chi connectivity index (χ4n) is 3.93. The summed E-state index contributed by atoms with van der Waals surface area (Å²) in [7, 11) is 0. The van der Waals surface area contributed by atoms with Crippen molar-refractivity contribution < 1.29 is 18.7 Å². The number of nitrogens with zero attached hydrogens (tertiary/aromatic N) is 3. The maximum Gasteiger partial charge on any atom is 0.293 e. The highest BCUT2D eigenvalue weighted by atomic mass is 16.7. The molecule has 1 spiro atoms. The molecule has 0 N–H and O–H groups in total. The summed E-state index contributed by atoms with van der Waals surface area (Å²) in [6.07, 6.45) is 0. The number of hydrogen-bond donors (Lipinski definition) is 0. The number of carbonyl (C=O) groups excluding carboxylic acids is 1. The fraction of sp³-hybridized carbons (Fsp3) is 0.286. The van der Waals surface area contributed by atoms with E-state index in [2.05, 4.69) is 10.2 Å². The van der Waals surface area contributed by atoms with Crippen LogP contribution in [-0.2, 0) is 26.6 Å². The molecule has 3 aromatic rings. The molecule has 1 amide bonds. The van der Waals surface area contributed by atoms with Crippen LogP contribution >= 0.6 is 0 Å². The third-order valence-corrected chi connectivity index (χ3v) is 5.19. The van der Waals surface area contributed by atoms with E-state index in [1.54, 1.807) is 4.90 Å². The zero-order valence-corrected chi connectivity index (χ0v) is 15.6. The van der Waals surface area contributed by atoms with Gasteiger partial charge in [-0.25, -0.2) is 0 Å². The molecule has 142 valence electrons. The topological polar surface area (TPSA) is 77.7 Å². The third kappa shape index (κ3) is 2.40. The lowest BCUT2D eigenvalue weighted by atomic mass is 9.98. The lowest BCUT2D eigenvalue weighted by molar-refractivity contribution is -0.181. The van der Waals surface area contributed by atoms with Gasteiger partial charge in [0.15, 0.2) is 0 Å². The number of anilines is 1. The van der Waals surface area contributed by atoms with Crippen LogP contribution in [0.25, 0.3) is 11.5 Å². The van der Waals surface area contributed by atoms with Gasteiger partial charge in [-0.05, 0) is 37.1 Å². The maximum absolute atomic E-state index is 13.4. The Morgan fingerprint density at radius 2 is 1.71 bits per heavy atom. The molecule has 0 radical (unpaired) electrons. The molecule has 0 aliphatic carbocycles. The second kappa shape index (κ2) is 6.25. The molecule has 2 aromatic carbocycles. The molecule has 1 fully saturated rings. The predicted molar refractivity (Wildman–Crippen MR) is 100 cm³/mol. The molecule has 0 bridgehead atoms. The molecular formula is C21H19N3O4. The summed E-state index contributed by atoms with van der Waals surface area (Å²) in [4.78, 5) is 15.0. The van der Waals surface area contributed by atoms with Crippen molar-refractivity contribution in [1.29, 1.82) is 0 Å². The van der Waals surface area contributed by atoms with E-state index in [0.29, 0.717) is 25.0 Å². The first-order chi connectivity index (χ1) is 13.6. The quantitative estimate of drug-likeness (QED) is 0.698. The highest BCUT2D eigenvalue weighted by Crippen LogP contribution is 2.49. The van der Waals surface area contributed by atoms with Gasteiger partial charge in [0, 0.05) is 11.1 Å². The first-order valence-corrected chi connectivity index (χ1v) is 9.18. The van der Waals surface area contributed by atoms with E-state index in [4.69, 9.17) is 13.9 Å². The van der Waals surface area contributed by atoms with Gasteiger partial charge in [0.05, 0.1) is 18.9 Å². The molecule has 1 saturated heterocycles. The van der Waals surface area contributed by atoms with Crippen LogP contribution in [0.15, 0.2) is 46.9 Å². The first-order valence-electron chi connectivity index (χ1n) is 9.18. The van der Waals surface area contributed by atoms with Crippen molar-refractivity contribution in [2.45, 2.75) is 26.2 Å².